The lowest BCUT2D eigenvalue weighted by molar-refractivity contribution is 1.02. The third-order valence-electron chi connectivity index (χ3n) is 1.78. The molecule has 1 N–H and O–H groups in total. The van der Waals surface area contributed by atoms with E-state index in [1.54, 1.807) is 6.20 Å². The van der Waals surface area contributed by atoms with Gasteiger partial charge in [0.05, 0.1) is 0 Å². The Morgan fingerprint density at radius 1 is 1.57 bits per heavy atom. The molecule has 0 radical (unpaired) electrons. The number of nitrogens with one attached hydrogen (secondary N) is 1. The van der Waals surface area contributed by atoms with Crippen molar-refractivity contribution < 1.29 is 0 Å². The van der Waals surface area contributed by atoms with Crippen LogP contribution in [0.1, 0.15) is 18.9 Å². The first kappa shape index (κ1) is 11.0. The summed E-state index contributed by atoms with van der Waals surface area (Å²) in [7, 11) is 0. The van der Waals surface area contributed by atoms with E-state index >= 15 is 0 Å². The van der Waals surface area contributed by atoms with E-state index < -0.39 is 0 Å². The third kappa shape index (κ3) is 3.34. The number of hydrogen-bond acceptors (Lipinski definition) is 3. The van der Waals surface area contributed by atoms with E-state index in [2.05, 4.69) is 21.4 Å². The second-order valence-electron chi connectivity index (χ2n) is 2.96. The molecular formula is C10H14ClN3. The number of anilines is 1. The Morgan fingerprint density at radius 2 is 2.36 bits per heavy atom. The summed E-state index contributed by atoms with van der Waals surface area (Å²) in [5.41, 5.74) is 1.01. The topological polar surface area (TPSA) is 37.8 Å². The summed E-state index contributed by atoms with van der Waals surface area (Å²) < 4.78 is 0. The monoisotopic (exact) mass is 211 g/mol. The lowest BCUT2D eigenvalue weighted by Crippen LogP contribution is -2.04. The standard InChI is InChI=1S/C10H14ClN3/c1-3-4-5-6-12-9-8(2)7-13-10(11)14-9/h3-4,7H,5-6H2,1-2H3,(H,12,13,14)/b4-3+. The van der Waals surface area contributed by atoms with Crippen molar-refractivity contribution in [1.82, 2.24) is 9.97 Å². The average Bonchev–Trinajstić information content (AvgIpc) is 2.18. The maximum absolute atomic E-state index is 5.68. The van der Waals surface area contributed by atoms with Crippen molar-refractivity contribution in [2.24, 2.45) is 0 Å². The Balaban J connectivity index is 2.53. The van der Waals surface area contributed by atoms with Crippen LogP contribution in [0, 0.1) is 6.92 Å². The van der Waals surface area contributed by atoms with Crippen molar-refractivity contribution in [2.75, 3.05) is 11.9 Å². The second-order valence-corrected chi connectivity index (χ2v) is 3.29. The molecule has 1 rings (SSSR count). The molecule has 14 heavy (non-hydrogen) atoms. The summed E-state index contributed by atoms with van der Waals surface area (Å²) in [6.07, 6.45) is 6.83. The predicted molar refractivity (Wildman–Crippen MR) is 59.7 cm³/mol. The molecule has 0 aromatic carbocycles. The molecule has 0 aliphatic carbocycles. The Kier molecular flexibility index (Phi) is 4.40. The van der Waals surface area contributed by atoms with E-state index in [9.17, 15) is 0 Å². The Labute approximate surface area is 89.2 Å². The first-order chi connectivity index (χ1) is 6.74. The highest BCUT2D eigenvalue weighted by Crippen LogP contribution is 2.12. The normalized spacial score (nSPS) is 10.8. The van der Waals surface area contributed by atoms with E-state index in [-0.39, 0.29) is 5.28 Å². The van der Waals surface area contributed by atoms with Crippen LogP contribution in [0.2, 0.25) is 5.28 Å². The van der Waals surface area contributed by atoms with Gasteiger partial charge in [0, 0.05) is 18.3 Å². The molecule has 0 spiro atoms. The Morgan fingerprint density at radius 3 is 3.07 bits per heavy atom. The minimum Gasteiger partial charge on any atom is -0.369 e. The van der Waals surface area contributed by atoms with Gasteiger partial charge in [-0.15, -0.1) is 0 Å². The molecule has 0 aliphatic heterocycles. The van der Waals surface area contributed by atoms with Crippen molar-refractivity contribution >= 4 is 17.4 Å². The van der Waals surface area contributed by atoms with Gasteiger partial charge in [0.25, 0.3) is 0 Å². The maximum Gasteiger partial charge on any atom is 0.224 e. The molecule has 0 unspecified atom stereocenters. The van der Waals surface area contributed by atoms with Gasteiger partial charge in [-0.05, 0) is 31.9 Å². The minimum atomic E-state index is 0.282. The number of rotatable bonds is 4. The zero-order chi connectivity index (χ0) is 10.4. The summed E-state index contributed by atoms with van der Waals surface area (Å²) in [6.45, 7) is 4.82. The van der Waals surface area contributed by atoms with E-state index in [1.807, 2.05) is 19.9 Å². The van der Waals surface area contributed by atoms with Crippen molar-refractivity contribution in [3.8, 4) is 0 Å². The number of hydrogen-bond donors (Lipinski definition) is 1. The number of nitrogens with zero attached hydrogens (tertiary/aromatic N) is 2. The molecule has 76 valence electrons. The van der Waals surface area contributed by atoms with Crippen LogP contribution in [-0.2, 0) is 0 Å². The fraction of sp³-hybridized carbons (Fsp3) is 0.400. The van der Waals surface area contributed by atoms with Crippen LogP contribution in [0.4, 0.5) is 5.82 Å². The van der Waals surface area contributed by atoms with Crippen molar-refractivity contribution in [3.63, 3.8) is 0 Å². The van der Waals surface area contributed by atoms with Crippen molar-refractivity contribution in [2.45, 2.75) is 20.3 Å². The molecule has 0 atom stereocenters. The summed E-state index contributed by atoms with van der Waals surface area (Å²) in [4.78, 5) is 7.97. The molecule has 0 saturated carbocycles. The van der Waals surface area contributed by atoms with E-state index in [0.29, 0.717) is 0 Å². The summed E-state index contributed by atoms with van der Waals surface area (Å²) in [5, 5.41) is 3.48. The van der Waals surface area contributed by atoms with Crippen molar-refractivity contribution in [1.29, 1.82) is 0 Å². The molecule has 0 bridgehead atoms. The molecule has 4 heteroatoms. The molecule has 0 fully saturated rings. The molecule has 0 amide bonds. The van der Waals surface area contributed by atoms with Crippen LogP contribution < -0.4 is 5.32 Å². The van der Waals surface area contributed by atoms with Crippen LogP contribution in [0.3, 0.4) is 0 Å². The summed E-state index contributed by atoms with van der Waals surface area (Å²) >= 11 is 5.68. The molecule has 1 aromatic rings. The lowest BCUT2D eigenvalue weighted by atomic mass is 10.3. The maximum atomic E-state index is 5.68. The van der Waals surface area contributed by atoms with Gasteiger partial charge in [-0.1, -0.05) is 12.2 Å². The quantitative estimate of drug-likeness (QED) is 0.473. The van der Waals surface area contributed by atoms with Crippen LogP contribution in [0.5, 0.6) is 0 Å². The van der Waals surface area contributed by atoms with Crippen molar-refractivity contribution in [3.05, 3.63) is 29.2 Å². The third-order valence-corrected chi connectivity index (χ3v) is 1.96. The number of aryl methyl sites for hydroxylation is 1. The molecule has 0 saturated heterocycles. The zero-order valence-electron chi connectivity index (χ0n) is 8.42. The predicted octanol–water partition coefficient (Wildman–Crippen LogP) is 2.82. The number of halogens is 1. The van der Waals surface area contributed by atoms with E-state index in [0.717, 1.165) is 24.3 Å². The highest BCUT2D eigenvalue weighted by atomic mass is 35.5. The highest BCUT2D eigenvalue weighted by molar-refractivity contribution is 6.28. The summed E-state index contributed by atoms with van der Waals surface area (Å²) in [5.74, 6) is 0.814. The van der Waals surface area contributed by atoms with Gasteiger partial charge < -0.3 is 5.32 Å². The highest BCUT2D eigenvalue weighted by Gasteiger charge is 2.00. The lowest BCUT2D eigenvalue weighted by Gasteiger charge is -2.06. The van der Waals surface area contributed by atoms with Gasteiger partial charge >= 0.3 is 0 Å². The molecule has 0 aliphatic rings. The summed E-state index contributed by atoms with van der Waals surface area (Å²) in [6, 6.07) is 0. The zero-order valence-corrected chi connectivity index (χ0v) is 9.17. The first-order valence-corrected chi connectivity index (χ1v) is 4.96. The fourth-order valence-corrected chi connectivity index (χ4v) is 1.17. The van der Waals surface area contributed by atoms with Gasteiger partial charge in [-0.3, -0.25) is 0 Å². The van der Waals surface area contributed by atoms with Gasteiger partial charge in [0.2, 0.25) is 5.28 Å². The average molecular weight is 212 g/mol. The Hall–Kier alpha value is -1.09. The van der Waals surface area contributed by atoms with Crippen LogP contribution in [0.25, 0.3) is 0 Å². The molecular weight excluding hydrogens is 198 g/mol. The molecule has 3 nitrogen and oxygen atoms in total. The van der Waals surface area contributed by atoms with Crippen LogP contribution in [-0.4, -0.2) is 16.5 Å². The van der Waals surface area contributed by atoms with Gasteiger partial charge in [0.15, 0.2) is 0 Å². The van der Waals surface area contributed by atoms with E-state index in [1.165, 1.54) is 0 Å². The first-order valence-electron chi connectivity index (χ1n) is 4.58. The number of allylic oxidation sites excluding steroid dienone is 1. The molecule has 1 aromatic heterocycles. The van der Waals surface area contributed by atoms with Crippen LogP contribution in [0.15, 0.2) is 18.3 Å². The van der Waals surface area contributed by atoms with E-state index in [4.69, 9.17) is 11.6 Å². The molecule has 1 heterocycles. The largest absolute Gasteiger partial charge is 0.369 e. The van der Waals surface area contributed by atoms with Crippen LogP contribution >= 0.6 is 11.6 Å². The second kappa shape index (κ2) is 5.60. The minimum absolute atomic E-state index is 0.282. The van der Waals surface area contributed by atoms with Gasteiger partial charge in [0.1, 0.15) is 5.82 Å². The SMILES string of the molecule is C/C=C/CCNc1nc(Cl)ncc1C. The van der Waals surface area contributed by atoms with Gasteiger partial charge in [-0.25, -0.2) is 9.97 Å². The smallest absolute Gasteiger partial charge is 0.224 e. The number of aromatic nitrogens is 2. The fourth-order valence-electron chi connectivity index (χ4n) is 1.04. The van der Waals surface area contributed by atoms with Gasteiger partial charge in [-0.2, -0.15) is 0 Å². The Bertz CT molecular complexity index is 323.